The summed E-state index contributed by atoms with van der Waals surface area (Å²) in [5.41, 5.74) is 0.464. The van der Waals surface area contributed by atoms with E-state index in [1.807, 2.05) is 6.92 Å². The highest BCUT2D eigenvalue weighted by molar-refractivity contribution is 5.89. The Morgan fingerprint density at radius 2 is 1.83 bits per heavy atom. The van der Waals surface area contributed by atoms with Crippen LogP contribution in [0.15, 0.2) is 36.9 Å². The lowest BCUT2D eigenvalue weighted by molar-refractivity contribution is -0.131. The maximum Gasteiger partial charge on any atom is 0.338 e. The number of phenolic OH excluding ortho intramolecular Hbond substituents is 1. The van der Waals surface area contributed by atoms with E-state index in [4.69, 9.17) is 14.9 Å². The third kappa shape index (κ3) is 7.05. The lowest BCUT2D eigenvalue weighted by atomic mass is 10.2. The molecular weight excluding hydrogens is 236 g/mol. The van der Waals surface area contributed by atoms with Crippen LogP contribution in [-0.4, -0.2) is 28.8 Å². The van der Waals surface area contributed by atoms with Gasteiger partial charge in [-0.25, -0.2) is 9.59 Å². The molecule has 0 saturated heterocycles. The number of hydrogen-bond acceptors (Lipinski definition) is 4. The van der Waals surface area contributed by atoms with Crippen molar-refractivity contribution in [1.82, 2.24) is 0 Å². The first-order valence-corrected chi connectivity index (χ1v) is 5.32. The van der Waals surface area contributed by atoms with E-state index in [0.29, 0.717) is 12.2 Å². The second kappa shape index (κ2) is 8.81. The number of aliphatic carboxylic acids is 1. The highest BCUT2D eigenvalue weighted by Gasteiger charge is 2.05. The molecule has 1 rings (SSSR count). The number of phenols is 1. The number of aromatic hydroxyl groups is 1. The topological polar surface area (TPSA) is 83.8 Å². The Morgan fingerprint density at radius 1 is 1.33 bits per heavy atom. The van der Waals surface area contributed by atoms with Crippen molar-refractivity contribution in [2.75, 3.05) is 6.61 Å². The van der Waals surface area contributed by atoms with Crippen LogP contribution in [0.5, 0.6) is 5.75 Å². The van der Waals surface area contributed by atoms with Gasteiger partial charge in [-0.3, -0.25) is 0 Å². The first kappa shape index (κ1) is 15.7. The largest absolute Gasteiger partial charge is 0.508 e. The Balaban J connectivity index is 0.000000494. The summed E-state index contributed by atoms with van der Waals surface area (Å²) in [6.07, 6.45) is 1.64. The van der Waals surface area contributed by atoms with E-state index in [-0.39, 0.29) is 11.7 Å². The highest BCUT2D eigenvalue weighted by atomic mass is 16.5. The van der Waals surface area contributed by atoms with Crippen LogP contribution >= 0.6 is 0 Å². The Labute approximate surface area is 105 Å². The monoisotopic (exact) mass is 252 g/mol. The fourth-order valence-electron chi connectivity index (χ4n) is 0.876. The first-order chi connectivity index (χ1) is 8.51. The molecule has 0 saturated carbocycles. The van der Waals surface area contributed by atoms with Gasteiger partial charge in [0.2, 0.25) is 0 Å². The van der Waals surface area contributed by atoms with Gasteiger partial charge in [0.15, 0.2) is 0 Å². The number of carboxylic acids is 1. The van der Waals surface area contributed by atoms with Crippen LogP contribution in [0.1, 0.15) is 23.7 Å². The second-order valence-electron chi connectivity index (χ2n) is 3.23. The Kier molecular flexibility index (Phi) is 7.68. The molecule has 0 aromatic heterocycles. The average Bonchev–Trinajstić information content (AvgIpc) is 2.37. The summed E-state index contributed by atoms with van der Waals surface area (Å²) < 4.78 is 4.90. The molecule has 5 nitrogen and oxygen atoms in total. The van der Waals surface area contributed by atoms with Crippen molar-refractivity contribution in [3.8, 4) is 5.75 Å². The minimum Gasteiger partial charge on any atom is -0.508 e. The molecule has 0 bridgehead atoms. The van der Waals surface area contributed by atoms with E-state index in [2.05, 4.69) is 6.58 Å². The van der Waals surface area contributed by atoms with Gasteiger partial charge in [-0.15, -0.1) is 0 Å². The molecule has 0 fully saturated rings. The number of hydrogen-bond donors (Lipinski definition) is 2. The molecule has 0 aliphatic heterocycles. The Bertz CT molecular complexity index is 394. The fourth-order valence-corrected chi connectivity index (χ4v) is 0.876. The van der Waals surface area contributed by atoms with Gasteiger partial charge in [-0.2, -0.15) is 0 Å². The number of benzene rings is 1. The van der Waals surface area contributed by atoms with Crippen LogP contribution in [0.4, 0.5) is 0 Å². The van der Waals surface area contributed by atoms with Crippen LogP contribution in [0.25, 0.3) is 0 Å². The molecular formula is C13H16O5. The molecule has 2 N–H and O–H groups in total. The summed E-state index contributed by atoms with van der Waals surface area (Å²) in [7, 11) is 0. The quantitative estimate of drug-likeness (QED) is 0.634. The van der Waals surface area contributed by atoms with Crippen LogP contribution in [0.3, 0.4) is 0 Å². The zero-order valence-electron chi connectivity index (χ0n) is 10.1. The Morgan fingerprint density at radius 3 is 2.22 bits per heavy atom. The van der Waals surface area contributed by atoms with Gasteiger partial charge < -0.3 is 14.9 Å². The third-order valence-corrected chi connectivity index (χ3v) is 1.71. The second-order valence-corrected chi connectivity index (χ2v) is 3.23. The maximum absolute atomic E-state index is 11.2. The molecule has 0 aliphatic rings. The molecule has 1 aromatic carbocycles. The number of carbonyl (C=O) groups is 2. The summed E-state index contributed by atoms with van der Waals surface area (Å²) in [6.45, 7) is 5.33. The van der Waals surface area contributed by atoms with Crippen LogP contribution in [0, 0.1) is 0 Å². The van der Waals surface area contributed by atoms with E-state index >= 15 is 0 Å². The SMILES string of the molecule is C=CC(=O)O.CCCOC(=O)c1ccc(O)cc1. The number of ether oxygens (including phenoxy) is 1. The van der Waals surface area contributed by atoms with Gasteiger partial charge in [0.1, 0.15) is 5.75 Å². The van der Waals surface area contributed by atoms with Crippen molar-refractivity contribution in [3.63, 3.8) is 0 Å². The summed E-state index contributed by atoms with van der Waals surface area (Å²) in [5.74, 6) is -1.18. The molecule has 0 aliphatic carbocycles. The maximum atomic E-state index is 11.2. The Hall–Kier alpha value is -2.30. The fraction of sp³-hybridized carbons (Fsp3) is 0.231. The number of carbonyl (C=O) groups excluding carboxylic acids is 1. The van der Waals surface area contributed by atoms with E-state index in [0.717, 1.165) is 12.5 Å². The molecule has 98 valence electrons. The lowest BCUT2D eigenvalue weighted by Gasteiger charge is -2.02. The number of esters is 1. The van der Waals surface area contributed by atoms with E-state index in [1.54, 1.807) is 0 Å². The number of carboxylic acid groups (broad SMARTS) is 1. The van der Waals surface area contributed by atoms with Gasteiger partial charge in [-0.1, -0.05) is 13.5 Å². The van der Waals surface area contributed by atoms with Crippen molar-refractivity contribution in [2.45, 2.75) is 13.3 Å². The summed E-state index contributed by atoms with van der Waals surface area (Å²) in [6, 6.07) is 5.99. The zero-order chi connectivity index (χ0) is 14.0. The minimum absolute atomic E-state index is 0.145. The number of rotatable bonds is 4. The predicted octanol–water partition coefficient (Wildman–Crippen LogP) is 2.22. The molecule has 0 heterocycles. The zero-order valence-corrected chi connectivity index (χ0v) is 10.1. The van der Waals surface area contributed by atoms with Gasteiger partial charge in [0.25, 0.3) is 0 Å². The van der Waals surface area contributed by atoms with E-state index in [1.165, 1.54) is 24.3 Å². The lowest BCUT2D eigenvalue weighted by Crippen LogP contribution is -2.05. The van der Waals surface area contributed by atoms with Crippen molar-refractivity contribution < 1.29 is 24.5 Å². The van der Waals surface area contributed by atoms with E-state index in [9.17, 15) is 9.59 Å². The molecule has 0 unspecified atom stereocenters. The van der Waals surface area contributed by atoms with Crippen LogP contribution < -0.4 is 0 Å². The standard InChI is InChI=1S/C10H12O3.C3H4O2/c1-2-7-13-10(12)8-3-5-9(11)6-4-8;1-2-3(4)5/h3-6,11H,2,7H2,1H3;2H,1H2,(H,4,5). The molecule has 0 atom stereocenters. The van der Waals surface area contributed by atoms with Gasteiger partial charge in [-0.05, 0) is 30.7 Å². The predicted molar refractivity (Wildman–Crippen MR) is 66.5 cm³/mol. The molecule has 0 spiro atoms. The molecule has 1 aromatic rings. The van der Waals surface area contributed by atoms with Crippen LogP contribution in [0.2, 0.25) is 0 Å². The third-order valence-electron chi connectivity index (χ3n) is 1.71. The van der Waals surface area contributed by atoms with Gasteiger partial charge in [0.05, 0.1) is 12.2 Å². The highest BCUT2D eigenvalue weighted by Crippen LogP contribution is 2.10. The first-order valence-electron chi connectivity index (χ1n) is 5.32. The van der Waals surface area contributed by atoms with E-state index < -0.39 is 5.97 Å². The van der Waals surface area contributed by atoms with Gasteiger partial charge >= 0.3 is 11.9 Å². The summed E-state index contributed by atoms with van der Waals surface area (Å²) in [4.78, 5) is 20.5. The molecule has 0 amide bonds. The van der Waals surface area contributed by atoms with Crippen molar-refractivity contribution >= 4 is 11.9 Å². The molecule has 0 radical (unpaired) electrons. The van der Waals surface area contributed by atoms with Crippen LogP contribution in [-0.2, 0) is 9.53 Å². The normalized spacial score (nSPS) is 8.72. The molecule has 5 heteroatoms. The van der Waals surface area contributed by atoms with Crippen molar-refractivity contribution in [3.05, 3.63) is 42.5 Å². The minimum atomic E-state index is -0.981. The van der Waals surface area contributed by atoms with Crippen molar-refractivity contribution in [1.29, 1.82) is 0 Å². The summed E-state index contributed by atoms with van der Waals surface area (Å²) in [5, 5.41) is 16.6. The smallest absolute Gasteiger partial charge is 0.338 e. The summed E-state index contributed by atoms with van der Waals surface area (Å²) >= 11 is 0. The molecule has 18 heavy (non-hydrogen) atoms. The average molecular weight is 252 g/mol. The van der Waals surface area contributed by atoms with Crippen molar-refractivity contribution in [2.24, 2.45) is 0 Å². The van der Waals surface area contributed by atoms with Gasteiger partial charge in [0, 0.05) is 6.08 Å².